The van der Waals surface area contributed by atoms with Gasteiger partial charge in [-0.05, 0) is 68.8 Å². The van der Waals surface area contributed by atoms with Crippen molar-refractivity contribution in [2.45, 2.75) is 13.0 Å². The Labute approximate surface area is 145 Å². The number of hydrogen-bond donors (Lipinski definition) is 1. The quantitative estimate of drug-likeness (QED) is 0.581. The van der Waals surface area contributed by atoms with E-state index in [-0.39, 0.29) is 11.9 Å². The van der Waals surface area contributed by atoms with Crippen LogP contribution in [0.2, 0.25) is 5.02 Å². The summed E-state index contributed by atoms with van der Waals surface area (Å²) in [5, 5.41) is 3.99. The van der Waals surface area contributed by atoms with E-state index in [1.165, 1.54) is 0 Å². The maximum absolute atomic E-state index is 14.3. The second-order valence-electron chi connectivity index (χ2n) is 4.31. The predicted molar refractivity (Wildman–Crippen MR) is 93.8 cm³/mol. The Morgan fingerprint density at radius 3 is 2.75 bits per heavy atom. The summed E-state index contributed by atoms with van der Waals surface area (Å²) in [6.07, 6.45) is 0. The fraction of sp³-hybridized carbons (Fsp3) is 0.200. The Morgan fingerprint density at radius 2 is 2.10 bits per heavy atom. The Balaban J connectivity index is 2.50. The molecular formula is C15H13BrClFIN. The van der Waals surface area contributed by atoms with Crippen molar-refractivity contribution in [3.63, 3.8) is 0 Å². The molecule has 5 heteroatoms. The Bertz CT molecular complexity index is 621. The lowest BCUT2D eigenvalue weighted by molar-refractivity contribution is 0.555. The average molecular weight is 469 g/mol. The van der Waals surface area contributed by atoms with Gasteiger partial charge in [0.05, 0.1) is 15.5 Å². The standard InChI is InChI=1S/C15H13BrClFIN/c1-2-20-15(9-6-7-13(19)12(17)8-9)10-4-3-5-11(16)14(10)18/h3-8,15,20H,2H2,1H3. The lowest BCUT2D eigenvalue weighted by Gasteiger charge is -2.20. The normalized spacial score (nSPS) is 12.4. The summed E-state index contributed by atoms with van der Waals surface area (Å²) in [5.74, 6) is -0.242. The summed E-state index contributed by atoms with van der Waals surface area (Å²) in [7, 11) is 0. The molecule has 0 saturated carbocycles. The van der Waals surface area contributed by atoms with Gasteiger partial charge in [-0.25, -0.2) is 4.39 Å². The van der Waals surface area contributed by atoms with Gasteiger partial charge < -0.3 is 5.32 Å². The van der Waals surface area contributed by atoms with Crippen molar-refractivity contribution in [3.8, 4) is 0 Å². The van der Waals surface area contributed by atoms with Crippen LogP contribution >= 0.6 is 50.1 Å². The second kappa shape index (κ2) is 7.20. The Morgan fingerprint density at radius 1 is 1.35 bits per heavy atom. The van der Waals surface area contributed by atoms with Gasteiger partial charge in [0.1, 0.15) is 5.82 Å². The lowest BCUT2D eigenvalue weighted by atomic mass is 9.98. The molecule has 1 N–H and O–H groups in total. The fourth-order valence-electron chi connectivity index (χ4n) is 2.05. The minimum absolute atomic E-state index is 0.216. The number of benzene rings is 2. The van der Waals surface area contributed by atoms with Gasteiger partial charge in [0.2, 0.25) is 0 Å². The molecule has 2 rings (SSSR count). The summed E-state index contributed by atoms with van der Waals surface area (Å²) in [6.45, 7) is 2.73. The third kappa shape index (κ3) is 3.53. The summed E-state index contributed by atoms with van der Waals surface area (Å²) in [5.41, 5.74) is 1.56. The second-order valence-corrected chi connectivity index (χ2v) is 6.73. The SMILES string of the molecule is CCNC(c1ccc(I)c(Cl)c1)c1cccc(Br)c1F. The van der Waals surface area contributed by atoms with Crippen LogP contribution in [0.5, 0.6) is 0 Å². The molecule has 0 saturated heterocycles. The van der Waals surface area contributed by atoms with Crippen LogP contribution in [0.4, 0.5) is 4.39 Å². The van der Waals surface area contributed by atoms with E-state index in [9.17, 15) is 4.39 Å². The van der Waals surface area contributed by atoms with Crippen molar-refractivity contribution in [1.82, 2.24) is 5.32 Å². The molecule has 0 fully saturated rings. The summed E-state index contributed by atoms with van der Waals surface area (Å²) in [6, 6.07) is 10.9. The first kappa shape index (κ1) is 16.2. The molecule has 0 heterocycles. The van der Waals surface area contributed by atoms with Crippen LogP contribution in [0.15, 0.2) is 40.9 Å². The van der Waals surface area contributed by atoms with E-state index >= 15 is 0 Å². The zero-order chi connectivity index (χ0) is 14.7. The first-order valence-electron chi connectivity index (χ1n) is 6.16. The molecule has 2 aromatic carbocycles. The fourth-order valence-corrected chi connectivity index (χ4v) is 2.95. The zero-order valence-corrected chi connectivity index (χ0v) is 15.3. The summed E-state index contributed by atoms with van der Waals surface area (Å²) < 4.78 is 15.8. The van der Waals surface area contributed by atoms with Gasteiger partial charge >= 0.3 is 0 Å². The maximum Gasteiger partial charge on any atom is 0.142 e. The average Bonchev–Trinajstić information content (AvgIpc) is 2.43. The van der Waals surface area contributed by atoms with Gasteiger partial charge in [0.15, 0.2) is 0 Å². The lowest BCUT2D eigenvalue weighted by Crippen LogP contribution is -2.23. The molecule has 0 spiro atoms. The van der Waals surface area contributed by atoms with Gasteiger partial charge in [0.25, 0.3) is 0 Å². The van der Waals surface area contributed by atoms with Crippen molar-refractivity contribution < 1.29 is 4.39 Å². The van der Waals surface area contributed by atoms with E-state index in [4.69, 9.17) is 11.6 Å². The molecule has 1 atom stereocenters. The highest BCUT2D eigenvalue weighted by molar-refractivity contribution is 14.1. The largest absolute Gasteiger partial charge is 0.306 e. The molecule has 0 bridgehead atoms. The van der Waals surface area contributed by atoms with Crippen molar-refractivity contribution in [3.05, 3.63) is 66.4 Å². The topological polar surface area (TPSA) is 12.0 Å². The minimum Gasteiger partial charge on any atom is -0.306 e. The Kier molecular flexibility index (Phi) is 5.84. The van der Waals surface area contributed by atoms with Crippen LogP contribution < -0.4 is 5.32 Å². The maximum atomic E-state index is 14.3. The third-order valence-electron chi connectivity index (χ3n) is 2.98. The monoisotopic (exact) mass is 467 g/mol. The highest BCUT2D eigenvalue weighted by Gasteiger charge is 2.19. The molecule has 20 heavy (non-hydrogen) atoms. The van der Waals surface area contributed by atoms with Crippen LogP contribution in [0.3, 0.4) is 0 Å². The molecule has 0 amide bonds. The van der Waals surface area contributed by atoms with Gasteiger partial charge in [-0.15, -0.1) is 0 Å². The van der Waals surface area contributed by atoms with Gasteiger partial charge in [-0.2, -0.15) is 0 Å². The number of nitrogens with one attached hydrogen (secondary N) is 1. The first-order chi connectivity index (χ1) is 9.54. The Hall–Kier alpha value is -0.170. The highest BCUT2D eigenvalue weighted by atomic mass is 127. The van der Waals surface area contributed by atoms with E-state index < -0.39 is 0 Å². The first-order valence-corrected chi connectivity index (χ1v) is 8.41. The molecule has 1 nitrogen and oxygen atoms in total. The molecule has 0 aliphatic rings. The summed E-state index contributed by atoms with van der Waals surface area (Å²) >= 11 is 11.6. The molecule has 0 radical (unpaired) electrons. The highest BCUT2D eigenvalue weighted by Crippen LogP contribution is 2.30. The number of halogens is 4. The van der Waals surface area contributed by atoms with E-state index in [1.807, 2.05) is 31.2 Å². The third-order valence-corrected chi connectivity index (χ3v) is 5.16. The number of rotatable bonds is 4. The van der Waals surface area contributed by atoms with Crippen molar-refractivity contribution in [2.24, 2.45) is 0 Å². The number of hydrogen-bond acceptors (Lipinski definition) is 1. The molecule has 2 aromatic rings. The molecule has 1 unspecified atom stereocenters. The van der Waals surface area contributed by atoms with Gasteiger partial charge in [0, 0.05) is 9.13 Å². The molecule has 0 aliphatic carbocycles. The van der Waals surface area contributed by atoms with Crippen LogP contribution in [-0.4, -0.2) is 6.54 Å². The predicted octanol–water partition coefficient (Wildman–Crippen LogP) is 5.55. The summed E-state index contributed by atoms with van der Waals surface area (Å²) in [4.78, 5) is 0. The van der Waals surface area contributed by atoms with E-state index in [0.29, 0.717) is 15.1 Å². The van der Waals surface area contributed by atoms with Crippen molar-refractivity contribution in [2.75, 3.05) is 6.54 Å². The van der Waals surface area contributed by atoms with E-state index in [0.717, 1.165) is 15.7 Å². The molecule has 106 valence electrons. The minimum atomic E-state index is -0.242. The molecule has 0 aromatic heterocycles. The van der Waals surface area contributed by atoms with Crippen LogP contribution in [0.25, 0.3) is 0 Å². The zero-order valence-electron chi connectivity index (χ0n) is 10.8. The van der Waals surface area contributed by atoms with Gasteiger partial charge in [-0.3, -0.25) is 0 Å². The van der Waals surface area contributed by atoms with Gasteiger partial charge in [-0.1, -0.05) is 36.7 Å². The van der Waals surface area contributed by atoms with E-state index in [1.54, 1.807) is 12.1 Å². The smallest absolute Gasteiger partial charge is 0.142 e. The van der Waals surface area contributed by atoms with Crippen LogP contribution in [0.1, 0.15) is 24.1 Å². The van der Waals surface area contributed by atoms with Crippen LogP contribution in [0, 0.1) is 9.39 Å². The molecular weight excluding hydrogens is 455 g/mol. The van der Waals surface area contributed by atoms with Crippen molar-refractivity contribution >= 4 is 50.1 Å². The molecule has 0 aliphatic heterocycles. The van der Waals surface area contributed by atoms with Crippen molar-refractivity contribution in [1.29, 1.82) is 0 Å². The van der Waals surface area contributed by atoms with Crippen LogP contribution in [-0.2, 0) is 0 Å². The van der Waals surface area contributed by atoms with E-state index in [2.05, 4.69) is 43.8 Å².